The SMILES string of the molecule is NS(=O)(=O)c1cccc(NS(=O)(=O)C(F)(F)C(F)(F)C(F)(F)C(F)(F)F)c1. The minimum Gasteiger partial charge on any atom is -0.278 e. The fourth-order valence-corrected chi connectivity index (χ4v) is 3.08. The Labute approximate surface area is 145 Å². The van der Waals surface area contributed by atoms with E-state index < -0.39 is 53.9 Å². The van der Waals surface area contributed by atoms with Gasteiger partial charge in [0.2, 0.25) is 10.0 Å². The van der Waals surface area contributed by atoms with Crippen LogP contribution in [-0.4, -0.2) is 40.1 Å². The van der Waals surface area contributed by atoms with Gasteiger partial charge in [-0.3, -0.25) is 4.72 Å². The highest BCUT2D eigenvalue weighted by Crippen LogP contribution is 2.54. The number of alkyl halides is 9. The summed E-state index contributed by atoms with van der Waals surface area (Å²) in [6.45, 7) is 0. The third-order valence-corrected chi connectivity index (χ3v) is 5.21. The average Bonchev–Trinajstić information content (AvgIpc) is 2.44. The van der Waals surface area contributed by atoms with Crippen molar-refractivity contribution in [1.29, 1.82) is 0 Å². The predicted octanol–water partition coefficient (Wildman–Crippen LogP) is 2.50. The van der Waals surface area contributed by atoms with Crippen molar-refractivity contribution in [2.75, 3.05) is 4.72 Å². The number of anilines is 1. The lowest BCUT2D eigenvalue weighted by atomic mass is 10.1. The quantitative estimate of drug-likeness (QED) is 0.645. The Balaban J connectivity index is 3.42. The molecule has 0 fully saturated rings. The number of hydrogen-bond acceptors (Lipinski definition) is 4. The Bertz CT molecular complexity index is 926. The molecular weight excluding hydrogens is 447 g/mol. The molecule has 0 aliphatic rings. The fourth-order valence-electron chi connectivity index (χ4n) is 1.49. The summed E-state index contributed by atoms with van der Waals surface area (Å²) in [5.41, 5.74) is -1.17. The van der Waals surface area contributed by atoms with Gasteiger partial charge < -0.3 is 0 Å². The molecule has 0 radical (unpaired) electrons. The van der Waals surface area contributed by atoms with E-state index in [0.717, 1.165) is 6.07 Å². The maximum atomic E-state index is 13.5. The number of primary sulfonamides is 1. The molecule has 1 aromatic rings. The molecule has 6 nitrogen and oxygen atoms in total. The van der Waals surface area contributed by atoms with E-state index in [0.29, 0.717) is 16.9 Å². The minimum atomic E-state index is -7.42. The fraction of sp³-hybridized carbons (Fsp3) is 0.400. The summed E-state index contributed by atoms with van der Waals surface area (Å²) in [5.74, 6) is -14.8. The monoisotopic (exact) mass is 454 g/mol. The van der Waals surface area contributed by atoms with Crippen molar-refractivity contribution in [2.24, 2.45) is 5.14 Å². The van der Waals surface area contributed by atoms with Crippen LogP contribution >= 0.6 is 0 Å². The van der Waals surface area contributed by atoms with Crippen LogP contribution in [0.1, 0.15) is 0 Å². The van der Waals surface area contributed by atoms with Gasteiger partial charge in [-0.05, 0) is 18.2 Å². The van der Waals surface area contributed by atoms with Crippen LogP contribution in [0.2, 0.25) is 0 Å². The van der Waals surface area contributed by atoms with E-state index in [4.69, 9.17) is 0 Å². The third-order valence-electron chi connectivity index (χ3n) is 2.87. The number of halogens is 9. The van der Waals surface area contributed by atoms with Crippen LogP contribution in [0.5, 0.6) is 0 Å². The molecule has 0 bridgehead atoms. The summed E-state index contributed by atoms with van der Waals surface area (Å²) < 4.78 is 160. The van der Waals surface area contributed by atoms with E-state index in [1.54, 1.807) is 0 Å². The summed E-state index contributed by atoms with van der Waals surface area (Å²) in [4.78, 5) is -0.904. The van der Waals surface area contributed by atoms with Gasteiger partial charge in [-0.25, -0.2) is 13.6 Å². The van der Waals surface area contributed by atoms with Crippen molar-refractivity contribution in [3.8, 4) is 0 Å². The predicted molar refractivity (Wildman–Crippen MR) is 71.3 cm³/mol. The maximum absolute atomic E-state index is 13.5. The zero-order valence-electron chi connectivity index (χ0n) is 12.2. The molecule has 156 valence electrons. The highest BCUT2D eigenvalue weighted by Gasteiger charge is 2.85. The van der Waals surface area contributed by atoms with Gasteiger partial charge in [-0.1, -0.05) is 6.07 Å². The van der Waals surface area contributed by atoms with Crippen LogP contribution < -0.4 is 9.86 Å². The highest BCUT2D eigenvalue weighted by molar-refractivity contribution is 7.93. The van der Waals surface area contributed by atoms with Crippen LogP contribution in [0, 0.1) is 0 Å². The molecule has 0 atom stereocenters. The Kier molecular flexibility index (Phi) is 5.52. The normalized spacial score (nSPS) is 14.9. The van der Waals surface area contributed by atoms with Gasteiger partial charge in [0, 0.05) is 0 Å². The average molecular weight is 454 g/mol. The van der Waals surface area contributed by atoms with Crippen molar-refractivity contribution in [2.45, 2.75) is 28.2 Å². The molecule has 0 unspecified atom stereocenters. The molecule has 0 aliphatic heterocycles. The summed E-state index contributed by atoms with van der Waals surface area (Å²) >= 11 is 0. The first-order valence-electron chi connectivity index (χ1n) is 6.04. The number of sulfonamides is 2. The van der Waals surface area contributed by atoms with Gasteiger partial charge in [0.25, 0.3) is 0 Å². The molecule has 0 spiro atoms. The Morgan fingerprint density at radius 1 is 0.815 bits per heavy atom. The first-order chi connectivity index (χ1) is 11.7. The van der Waals surface area contributed by atoms with E-state index in [1.807, 2.05) is 0 Å². The Morgan fingerprint density at radius 3 is 1.70 bits per heavy atom. The molecule has 0 aromatic heterocycles. The standard InChI is InChI=1S/C10H7F9N2O4S2/c11-7(12,9(15,16)17)8(13,14)10(18,19)27(24,25)21-5-2-1-3-6(4-5)26(20,22)23/h1-4,21H,(H2,20,22,23). The third kappa shape index (κ3) is 3.93. The van der Waals surface area contributed by atoms with Gasteiger partial charge in [-0.2, -0.15) is 47.9 Å². The summed E-state index contributed by atoms with van der Waals surface area (Å²) in [6, 6.07) is 2.17. The minimum absolute atomic E-state index is 0.239. The number of benzene rings is 1. The van der Waals surface area contributed by atoms with Gasteiger partial charge >= 0.3 is 33.3 Å². The second-order valence-corrected chi connectivity index (χ2v) is 8.13. The van der Waals surface area contributed by atoms with E-state index in [1.165, 1.54) is 0 Å². The Morgan fingerprint density at radius 2 is 1.30 bits per heavy atom. The lowest BCUT2D eigenvalue weighted by molar-refractivity contribution is -0.382. The van der Waals surface area contributed by atoms with Gasteiger partial charge in [0.15, 0.2) is 0 Å². The first kappa shape index (κ1) is 23.3. The van der Waals surface area contributed by atoms with Gasteiger partial charge in [0.05, 0.1) is 10.6 Å². The molecule has 1 aromatic carbocycles. The molecule has 27 heavy (non-hydrogen) atoms. The molecule has 0 aliphatic carbocycles. The van der Waals surface area contributed by atoms with Crippen LogP contribution in [0.4, 0.5) is 45.2 Å². The van der Waals surface area contributed by atoms with Gasteiger partial charge in [0.1, 0.15) is 0 Å². The molecule has 0 saturated carbocycles. The highest BCUT2D eigenvalue weighted by atomic mass is 32.2. The topological polar surface area (TPSA) is 106 Å². The largest absolute Gasteiger partial charge is 0.460 e. The second kappa shape index (κ2) is 6.40. The Hall–Kier alpha value is -1.75. The van der Waals surface area contributed by atoms with Crippen LogP contribution in [0.15, 0.2) is 29.2 Å². The van der Waals surface area contributed by atoms with Crippen molar-refractivity contribution in [3.63, 3.8) is 0 Å². The van der Waals surface area contributed by atoms with Crippen LogP contribution in [0.25, 0.3) is 0 Å². The summed E-state index contributed by atoms with van der Waals surface area (Å²) in [7, 11) is -11.5. The van der Waals surface area contributed by atoms with E-state index in [9.17, 15) is 56.3 Å². The maximum Gasteiger partial charge on any atom is 0.460 e. The smallest absolute Gasteiger partial charge is 0.278 e. The van der Waals surface area contributed by atoms with Crippen molar-refractivity contribution in [1.82, 2.24) is 0 Å². The molecule has 17 heteroatoms. The summed E-state index contributed by atoms with van der Waals surface area (Å²) in [5, 5.41) is -2.31. The number of nitrogens with one attached hydrogen (secondary N) is 1. The molecule has 1 rings (SSSR count). The van der Waals surface area contributed by atoms with Crippen molar-refractivity contribution >= 4 is 25.7 Å². The molecule has 0 saturated heterocycles. The number of nitrogens with two attached hydrogens (primary N) is 1. The lowest BCUT2D eigenvalue weighted by Gasteiger charge is -2.33. The zero-order chi connectivity index (χ0) is 21.7. The first-order valence-corrected chi connectivity index (χ1v) is 9.07. The van der Waals surface area contributed by atoms with E-state index in [-0.39, 0.29) is 6.07 Å². The zero-order valence-corrected chi connectivity index (χ0v) is 13.9. The van der Waals surface area contributed by atoms with Crippen LogP contribution in [-0.2, 0) is 20.0 Å². The van der Waals surface area contributed by atoms with Gasteiger partial charge in [-0.15, -0.1) is 0 Å². The number of rotatable bonds is 6. The lowest BCUT2D eigenvalue weighted by Crippen LogP contribution is -2.64. The van der Waals surface area contributed by atoms with Crippen molar-refractivity contribution in [3.05, 3.63) is 24.3 Å². The molecule has 0 amide bonds. The van der Waals surface area contributed by atoms with Crippen molar-refractivity contribution < 1.29 is 56.3 Å². The molecule has 3 N–H and O–H groups in total. The van der Waals surface area contributed by atoms with E-state index in [2.05, 4.69) is 5.14 Å². The van der Waals surface area contributed by atoms with Crippen LogP contribution in [0.3, 0.4) is 0 Å². The van der Waals surface area contributed by atoms with E-state index >= 15 is 0 Å². The molecule has 0 heterocycles. The second-order valence-electron chi connectivity index (χ2n) is 4.84. The summed E-state index contributed by atoms with van der Waals surface area (Å²) in [6.07, 6.45) is -7.21. The molecular formula is C10H7F9N2O4S2. The number of hydrogen-bond donors (Lipinski definition) is 2.